The van der Waals surface area contributed by atoms with Gasteiger partial charge in [0.15, 0.2) is 5.60 Å². The van der Waals surface area contributed by atoms with Crippen LogP contribution in [0.15, 0.2) is 48.6 Å². The van der Waals surface area contributed by atoms with Gasteiger partial charge in [-0.2, -0.15) is 0 Å². The molecule has 26 heavy (non-hydrogen) atoms. The lowest BCUT2D eigenvalue weighted by molar-refractivity contribution is -0.150. The summed E-state index contributed by atoms with van der Waals surface area (Å²) in [4.78, 5) is 12.9. The van der Waals surface area contributed by atoms with E-state index in [1.165, 1.54) is 12.1 Å². The first kappa shape index (κ1) is 14.2. The second-order valence-corrected chi connectivity index (χ2v) is 7.62. The molecule has 1 saturated heterocycles. The van der Waals surface area contributed by atoms with Crippen LogP contribution in [0.5, 0.6) is 23.0 Å². The summed E-state index contributed by atoms with van der Waals surface area (Å²) < 4.78 is 12.1. The van der Waals surface area contributed by atoms with Gasteiger partial charge in [-0.25, -0.2) is 0 Å². The fraction of sp³-hybridized carbons (Fsp3) is 0.286. The van der Waals surface area contributed by atoms with Gasteiger partial charge in [-0.15, -0.1) is 0 Å². The van der Waals surface area contributed by atoms with Crippen LogP contribution in [0, 0.1) is 23.7 Å². The molecule has 2 aliphatic carbocycles. The molecule has 2 aliphatic heterocycles. The molecule has 1 saturated carbocycles. The molecule has 1 spiro atoms. The molecule has 0 amide bonds. The molecule has 5 nitrogen and oxygen atoms in total. The number of allylic oxidation sites excluding steroid dienone is 2. The maximum absolute atomic E-state index is 12.9. The number of fused-ring (bicyclic) bond motifs is 10. The molecule has 2 heterocycles. The van der Waals surface area contributed by atoms with Crippen LogP contribution < -0.4 is 4.74 Å². The number of esters is 1. The molecular formula is C21H16O5. The zero-order valence-electron chi connectivity index (χ0n) is 13.8. The predicted molar refractivity (Wildman–Crippen MR) is 90.9 cm³/mol. The first-order valence-corrected chi connectivity index (χ1v) is 8.84. The first-order valence-electron chi connectivity index (χ1n) is 8.84. The molecule has 0 aromatic heterocycles. The third-order valence-electron chi connectivity index (χ3n) is 6.41. The summed E-state index contributed by atoms with van der Waals surface area (Å²) >= 11 is 0. The SMILES string of the molecule is O=C1OC2(c3ccc(O)cc3Oc3cc(O)ccc32)[C@H]2[C@@H]1[C@H]1C=C[C@@H]2C1. The second kappa shape index (κ2) is 4.41. The van der Waals surface area contributed by atoms with Crippen molar-refractivity contribution in [2.24, 2.45) is 23.7 Å². The van der Waals surface area contributed by atoms with E-state index in [0.29, 0.717) is 11.5 Å². The Morgan fingerprint density at radius 2 is 1.54 bits per heavy atom. The van der Waals surface area contributed by atoms with Crippen molar-refractivity contribution in [3.05, 3.63) is 59.7 Å². The third-order valence-corrected chi connectivity index (χ3v) is 6.41. The van der Waals surface area contributed by atoms with Crippen LogP contribution in [0.4, 0.5) is 0 Å². The molecule has 6 rings (SSSR count). The average molecular weight is 348 g/mol. The summed E-state index contributed by atoms with van der Waals surface area (Å²) in [6.45, 7) is 0. The van der Waals surface area contributed by atoms with E-state index in [4.69, 9.17) is 9.47 Å². The number of carbonyl (C=O) groups excluding carboxylic acids is 1. The minimum absolute atomic E-state index is 0.0134. The van der Waals surface area contributed by atoms with Gasteiger partial charge in [0.2, 0.25) is 0 Å². The van der Waals surface area contributed by atoms with Crippen molar-refractivity contribution in [2.75, 3.05) is 0 Å². The molecular weight excluding hydrogens is 332 g/mol. The minimum atomic E-state index is -0.948. The number of phenolic OH excluding ortho intramolecular Hbond substituents is 2. The summed E-state index contributed by atoms with van der Waals surface area (Å²) in [5.74, 6) is 1.22. The highest BCUT2D eigenvalue weighted by Gasteiger charge is 2.68. The number of hydrogen-bond acceptors (Lipinski definition) is 5. The highest BCUT2D eigenvalue weighted by atomic mass is 16.6. The van der Waals surface area contributed by atoms with E-state index < -0.39 is 5.60 Å². The normalized spacial score (nSPS) is 31.3. The van der Waals surface area contributed by atoms with E-state index in [9.17, 15) is 15.0 Å². The van der Waals surface area contributed by atoms with Gasteiger partial charge in [0.1, 0.15) is 23.0 Å². The summed E-state index contributed by atoms with van der Waals surface area (Å²) in [6, 6.07) is 9.83. The fourth-order valence-corrected chi connectivity index (χ4v) is 5.53. The molecule has 4 atom stereocenters. The standard InChI is InChI=1S/C21H16O5/c22-12-3-5-14-16(8-12)25-17-9-13(23)4-6-15(17)21(14)19-11-2-1-10(7-11)18(19)20(24)26-21/h1-6,8-11,18-19,22-23H,7H2/t10-,11+,18-,19+/m0/s1. The highest BCUT2D eigenvalue weighted by molar-refractivity contribution is 5.81. The highest BCUT2D eigenvalue weighted by Crippen LogP contribution is 2.66. The van der Waals surface area contributed by atoms with Gasteiger partial charge in [-0.3, -0.25) is 4.79 Å². The topological polar surface area (TPSA) is 76.0 Å². The van der Waals surface area contributed by atoms with Crippen LogP contribution in [0.1, 0.15) is 17.5 Å². The number of rotatable bonds is 0. The molecule has 130 valence electrons. The van der Waals surface area contributed by atoms with Crippen molar-refractivity contribution in [1.82, 2.24) is 0 Å². The lowest BCUT2D eigenvalue weighted by atomic mass is 9.67. The van der Waals surface area contributed by atoms with E-state index in [1.54, 1.807) is 24.3 Å². The van der Waals surface area contributed by atoms with Crippen LogP contribution >= 0.6 is 0 Å². The molecule has 2 fully saturated rings. The Balaban J connectivity index is 1.68. The van der Waals surface area contributed by atoms with Crippen molar-refractivity contribution in [2.45, 2.75) is 12.0 Å². The summed E-state index contributed by atoms with van der Waals surface area (Å²) in [5, 5.41) is 19.8. The van der Waals surface area contributed by atoms with E-state index in [2.05, 4.69) is 12.2 Å². The Kier molecular flexibility index (Phi) is 2.42. The van der Waals surface area contributed by atoms with Crippen LogP contribution in [0.3, 0.4) is 0 Å². The summed E-state index contributed by atoms with van der Waals surface area (Å²) in [6.07, 6.45) is 5.31. The van der Waals surface area contributed by atoms with Crippen molar-refractivity contribution < 1.29 is 24.5 Å². The van der Waals surface area contributed by atoms with Gasteiger partial charge >= 0.3 is 5.97 Å². The molecule has 0 radical (unpaired) electrons. The van der Waals surface area contributed by atoms with E-state index >= 15 is 0 Å². The maximum atomic E-state index is 12.9. The van der Waals surface area contributed by atoms with Crippen LogP contribution in [-0.2, 0) is 15.1 Å². The van der Waals surface area contributed by atoms with E-state index in [1.807, 2.05) is 0 Å². The second-order valence-electron chi connectivity index (χ2n) is 7.62. The van der Waals surface area contributed by atoms with E-state index in [0.717, 1.165) is 17.5 Å². The van der Waals surface area contributed by atoms with Crippen molar-refractivity contribution >= 4 is 5.97 Å². The lowest BCUT2D eigenvalue weighted by Gasteiger charge is -2.41. The zero-order chi connectivity index (χ0) is 17.6. The predicted octanol–water partition coefficient (Wildman–Crippen LogP) is 3.44. The Hall–Kier alpha value is -2.95. The Morgan fingerprint density at radius 1 is 0.923 bits per heavy atom. The summed E-state index contributed by atoms with van der Waals surface area (Å²) in [7, 11) is 0. The average Bonchev–Trinajstić information content (AvgIpc) is 3.28. The van der Waals surface area contributed by atoms with Crippen molar-refractivity contribution in [1.29, 1.82) is 0 Å². The molecule has 2 aromatic rings. The largest absolute Gasteiger partial charge is 0.508 e. The number of carbonyl (C=O) groups is 1. The third kappa shape index (κ3) is 1.50. The maximum Gasteiger partial charge on any atom is 0.311 e. The Bertz CT molecular complexity index is 956. The Labute approximate surface area is 149 Å². The number of aromatic hydroxyl groups is 2. The zero-order valence-corrected chi connectivity index (χ0v) is 13.8. The molecule has 2 aromatic carbocycles. The van der Waals surface area contributed by atoms with Gasteiger partial charge in [-0.05, 0) is 42.5 Å². The van der Waals surface area contributed by atoms with Gasteiger partial charge in [0.05, 0.1) is 5.92 Å². The van der Waals surface area contributed by atoms with Crippen LogP contribution in [-0.4, -0.2) is 16.2 Å². The van der Waals surface area contributed by atoms with E-state index in [-0.39, 0.29) is 41.1 Å². The molecule has 0 unspecified atom stereocenters. The fourth-order valence-electron chi connectivity index (χ4n) is 5.53. The number of benzene rings is 2. The smallest absolute Gasteiger partial charge is 0.311 e. The van der Waals surface area contributed by atoms with Gasteiger partial charge in [-0.1, -0.05) is 12.2 Å². The molecule has 5 heteroatoms. The first-order chi connectivity index (χ1) is 12.6. The van der Waals surface area contributed by atoms with Crippen LogP contribution in [0.25, 0.3) is 0 Å². The lowest BCUT2D eigenvalue weighted by Crippen LogP contribution is -2.40. The number of phenols is 2. The van der Waals surface area contributed by atoms with Gasteiger partial charge in [0, 0.05) is 29.2 Å². The van der Waals surface area contributed by atoms with Crippen molar-refractivity contribution in [3.8, 4) is 23.0 Å². The van der Waals surface area contributed by atoms with Gasteiger partial charge in [0.25, 0.3) is 0 Å². The summed E-state index contributed by atoms with van der Waals surface area (Å²) in [5.41, 5.74) is 0.571. The number of hydrogen-bond donors (Lipinski definition) is 2. The molecule has 2 N–H and O–H groups in total. The van der Waals surface area contributed by atoms with Crippen molar-refractivity contribution in [3.63, 3.8) is 0 Å². The molecule has 4 aliphatic rings. The monoisotopic (exact) mass is 348 g/mol. The Morgan fingerprint density at radius 3 is 2.19 bits per heavy atom. The van der Waals surface area contributed by atoms with Gasteiger partial charge < -0.3 is 19.7 Å². The van der Waals surface area contributed by atoms with Crippen LogP contribution in [0.2, 0.25) is 0 Å². The quantitative estimate of drug-likeness (QED) is 0.563. The minimum Gasteiger partial charge on any atom is -0.508 e. The number of ether oxygens (including phenoxy) is 2. The molecule has 2 bridgehead atoms.